The molecule has 3 nitrogen and oxygen atoms in total. The van der Waals surface area contributed by atoms with Crippen LogP contribution in [0.2, 0.25) is 0 Å². The van der Waals surface area contributed by atoms with Gasteiger partial charge in [0.2, 0.25) is 0 Å². The molecule has 0 aliphatic rings. The quantitative estimate of drug-likeness (QED) is 0.786. The molecule has 3 rings (SSSR count). The maximum Gasteiger partial charge on any atom is 0.156 e. The van der Waals surface area contributed by atoms with Crippen molar-refractivity contribution in [3.8, 4) is 0 Å². The Morgan fingerprint density at radius 1 is 0.905 bits per heavy atom. The number of aryl methyl sites for hydroxylation is 2. The summed E-state index contributed by atoms with van der Waals surface area (Å²) in [5.74, 6) is 0.865. The molecule has 0 aliphatic carbocycles. The van der Waals surface area contributed by atoms with E-state index in [0.29, 0.717) is 0 Å². The van der Waals surface area contributed by atoms with Crippen LogP contribution in [0.1, 0.15) is 16.8 Å². The standard InChI is InChI=1S/C18H19N3/c1-13-6-5-7-15(12-13)10-11-19-18-17-9-4-3-8-16(17)14(2)20-21-18/h3-9,12H,10-11H2,1-2H3,(H,19,21). The van der Waals surface area contributed by atoms with Crippen molar-refractivity contribution in [1.29, 1.82) is 0 Å². The second-order valence-corrected chi connectivity index (χ2v) is 5.35. The second kappa shape index (κ2) is 5.92. The first-order valence-corrected chi connectivity index (χ1v) is 7.25. The highest BCUT2D eigenvalue weighted by Gasteiger charge is 2.05. The lowest BCUT2D eigenvalue weighted by Gasteiger charge is -2.09. The zero-order valence-corrected chi connectivity index (χ0v) is 12.4. The van der Waals surface area contributed by atoms with E-state index in [2.05, 4.69) is 58.8 Å². The molecule has 0 amide bonds. The fourth-order valence-corrected chi connectivity index (χ4v) is 2.56. The smallest absolute Gasteiger partial charge is 0.156 e. The molecule has 0 saturated heterocycles. The Balaban J connectivity index is 1.75. The molecule has 0 radical (unpaired) electrons. The highest BCUT2D eigenvalue weighted by molar-refractivity contribution is 5.92. The van der Waals surface area contributed by atoms with Crippen LogP contribution in [0.25, 0.3) is 10.8 Å². The fraction of sp³-hybridized carbons (Fsp3) is 0.222. The summed E-state index contributed by atoms with van der Waals surface area (Å²) in [6, 6.07) is 16.9. The lowest BCUT2D eigenvalue weighted by atomic mass is 10.1. The van der Waals surface area contributed by atoms with Crippen LogP contribution in [0.4, 0.5) is 5.82 Å². The number of anilines is 1. The topological polar surface area (TPSA) is 37.8 Å². The maximum absolute atomic E-state index is 4.29. The lowest BCUT2D eigenvalue weighted by molar-refractivity contribution is 0.958. The van der Waals surface area contributed by atoms with Crippen LogP contribution >= 0.6 is 0 Å². The summed E-state index contributed by atoms with van der Waals surface area (Å²) in [5, 5.41) is 14.2. The fourth-order valence-electron chi connectivity index (χ4n) is 2.56. The Labute approximate surface area is 125 Å². The number of rotatable bonds is 4. The molecule has 0 aliphatic heterocycles. The number of benzene rings is 2. The van der Waals surface area contributed by atoms with E-state index in [4.69, 9.17) is 0 Å². The van der Waals surface area contributed by atoms with E-state index in [1.165, 1.54) is 11.1 Å². The molecular formula is C18H19N3. The van der Waals surface area contributed by atoms with Crippen molar-refractivity contribution in [1.82, 2.24) is 10.2 Å². The number of hydrogen-bond acceptors (Lipinski definition) is 3. The minimum absolute atomic E-state index is 0.852. The van der Waals surface area contributed by atoms with Gasteiger partial charge in [-0.1, -0.05) is 54.1 Å². The molecular weight excluding hydrogens is 258 g/mol. The highest BCUT2D eigenvalue weighted by atomic mass is 15.2. The summed E-state index contributed by atoms with van der Waals surface area (Å²) in [5.41, 5.74) is 3.61. The normalized spacial score (nSPS) is 10.8. The summed E-state index contributed by atoms with van der Waals surface area (Å²) >= 11 is 0. The summed E-state index contributed by atoms with van der Waals surface area (Å²) in [7, 11) is 0. The lowest BCUT2D eigenvalue weighted by Crippen LogP contribution is -2.08. The van der Waals surface area contributed by atoms with E-state index in [1.807, 2.05) is 19.1 Å². The molecule has 1 heterocycles. The Kier molecular flexibility index (Phi) is 3.82. The van der Waals surface area contributed by atoms with Gasteiger partial charge in [-0.2, -0.15) is 5.10 Å². The van der Waals surface area contributed by atoms with Crippen LogP contribution in [0.3, 0.4) is 0 Å². The number of aromatic nitrogens is 2. The number of hydrogen-bond donors (Lipinski definition) is 1. The van der Waals surface area contributed by atoms with Crippen LogP contribution in [0, 0.1) is 13.8 Å². The van der Waals surface area contributed by atoms with Crippen molar-refractivity contribution in [2.24, 2.45) is 0 Å². The average molecular weight is 277 g/mol. The molecule has 3 heteroatoms. The molecule has 0 saturated carbocycles. The zero-order chi connectivity index (χ0) is 14.7. The van der Waals surface area contributed by atoms with Crippen LogP contribution in [-0.2, 0) is 6.42 Å². The van der Waals surface area contributed by atoms with Crippen molar-refractivity contribution >= 4 is 16.6 Å². The molecule has 0 spiro atoms. The van der Waals surface area contributed by atoms with E-state index >= 15 is 0 Å². The van der Waals surface area contributed by atoms with Gasteiger partial charge >= 0.3 is 0 Å². The molecule has 3 aromatic rings. The number of nitrogens with one attached hydrogen (secondary N) is 1. The summed E-state index contributed by atoms with van der Waals surface area (Å²) in [6.07, 6.45) is 0.978. The van der Waals surface area contributed by atoms with Crippen molar-refractivity contribution in [2.45, 2.75) is 20.3 Å². The van der Waals surface area contributed by atoms with Gasteiger partial charge in [0.25, 0.3) is 0 Å². The first-order valence-electron chi connectivity index (χ1n) is 7.25. The van der Waals surface area contributed by atoms with Gasteiger partial charge in [0.1, 0.15) is 0 Å². The first kappa shape index (κ1) is 13.6. The van der Waals surface area contributed by atoms with Crippen molar-refractivity contribution in [3.05, 3.63) is 65.4 Å². The highest BCUT2D eigenvalue weighted by Crippen LogP contribution is 2.22. The predicted molar refractivity (Wildman–Crippen MR) is 87.6 cm³/mol. The van der Waals surface area contributed by atoms with E-state index in [1.54, 1.807) is 0 Å². The van der Waals surface area contributed by atoms with Gasteiger partial charge < -0.3 is 5.32 Å². The SMILES string of the molecule is Cc1cccc(CCNc2nnc(C)c3ccccc23)c1. The van der Waals surface area contributed by atoms with Crippen LogP contribution in [-0.4, -0.2) is 16.7 Å². The minimum Gasteiger partial charge on any atom is -0.368 e. The number of fused-ring (bicyclic) bond motifs is 1. The van der Waals surface area contributed by atoms with Crippen LogP contribution < -0.4 is 5.32 Å². The Bertz CT molecular complexity index is 765. The monoisotopic (exact) mass is 277 g/mol. The third kappa shape index (κ3) is 3.02. The van der Waals surface area contributed by atoms with Gasteiger partial charge in [-0.3, -0.25) is 0 Å². The van der Waals surface area contributed by atoms with Gasteiger partial charge in [-0.05, 0) is 25.8 Å². The maximum atomic E-state index is 4.29. The first-order chi connectivity index (χ1) is 10.2. The van der Waals surface area contributed by atoms with Crippen molar-refractivity contribution in [2.75, 3.05) is 11.9 Å². The molecule has 0 atom stereocenters. The molecule has 21 heavy (non-hydrogen) atoms. The van der Waals surface area contributed by atoms with E-state index in [0.717, 1.165) is 35.2 Å². The molecule has 0 unspecified atom stereocenters. The second-order valence-electron chi connectivity index (χ2n) is 5.35. The van der Waals surface area contributed by atoms with Crippen LogP contribution in [0.15, 0.2) is 48.5 Å². The van der Waals surface area contributed by atoms with E-state index in [-0.39, 0.29) is 0 Å². The van der Waals surface area contributed by atoms with E-state index in [9.17, 15) is 0 Å². The average Bonchev–Trinajstić information content (AvgIpc) is 2.50. The predicted octanol–water partition coefficient (Wildman–Crippen LogP) is 3.90. The Morgan fingerprint density at radius 3 is 2.52 bits per heavy atom. The molecule has 1 N–H and O–H groups in total. The molecule has 1 aromatic heterocycles. The number of nitrogens with zero attached hydrogens (tertiary/aromatic N) is 2. The van der Waals surface area contributed by atoms with Gasteiger partial charge in [0, 0.05) is 17.3 Å². The van der Waals surface area contributed by atoms with E-state index < -0.39 is 0 Å². The Morgan fingerprint density at radius 2 is 1.71 bits per heavy atom. The summed E-state index contributed by atoms with van der Waals surface area (Å²) < 4.78 is 0. The van der Waals surface area contributed by atoms with Crippen molar-refractivity contribution < 1.29 is 0 Å². The summed E-state index contributed by atoms with van der Waals surface area (Å²) in [6.45, 7) is 4.97. The largest absolute Gasteiger partial charge is 0.368 e. The molecule has 2 aromatic carbocycles. The van der Waals surface area contributed by atoms with Gasteiger partial charge in [0.15, 0.2) is 5.82 Å². The molecule has 0 bridgehead atoms. The minimum atomic E-state index is 0.852. The Hall–Kier alpha value is -2.42. The third-order valence-corrected chi connectivity index (χ3v) is 3.66. The van der Waals surface area contributed by atoms with Gasteiger partial charge in [-0.15, -0.1) is 5.10 Å². The zero-order valence-electron chi connectivity index (χ0n) is 12.4. The molecule has 106 valence electrons. The van der Waals surface area contributed by atoms with Gasteiger partial charge in [-0.25, -0.2) is 0 Å². The summed E-state index contributed by atoms with van der Waals surface area (Å²) in [4.78, 5) is 0. The van der Waals surface area contributed by atoms with Crippen molar-refractivity contribution in [3.63, 3.8) is 0 Å². The molecule has 0 fully saturated rings. The van der Waals surface area contributed by atoms with Crippen LogP contribution in [0.5, 0.6) is 0 Å². The van der Waals surface area contributed by atoms with Gasteiger partial charge in [0.05, 0.1) is 5.69 Å². The third-order valence-electron chi connectivity index (χ3n) is 3.66.